The number of aromatic amines is 1. The molecule has 0 spiro atoms. The second kappa shape index (κ2) is 2.98. The first-order chi connectivity index (χ1) is 6.27. The highest BCUT2D eigenvalue weighted by Gasteiger charge is 2.01. The molecule has 0 aliphatic carbocycles. The molecule has 2 rings (SSSR count). The Kier molecular flexibility index (Phi) is 1.81. The SMILES string of the molecule is CC(=O)c1ccc2c[nH+]ccc2c1. The Morgan fingerprint density at radius 1 is 1.23 bits per heavy atom. The summed E-state index contributed by atoms with van der Waals surface area (Å²) in [4.78, 5) is 14.1. The van der Waals surface area contributed by atoms with Gasteiger partial charge < -0.3 is 0 Å². The Balaban J connectivity index is 2.69. The van der Waals surface area contributed by atoms with Gasteiger partial charge in [0.05, 0.1) is 0 Å². The maximum Gasteiger partial charge on any atom is 0.174 e. The van der Waals surface area contributed by atoms with E-state index in [9.17, 15) is 4.79 Å². The average molecular weight is 172 g/mol. The number of pyridine rings is 1. The van der Waals surface area contributed by atoms with Crippen LogP contribution in [0.5, 0.6) is 0 Å². The summed E-state index contributed by atoms with van der Waals surface area (Å²) in [5.74, 6) is 0.106. The van der Waals surface area contributed by atoms with Crippen LogP contribution in [0.1, 0.15) is 17.3 Å². The van der Waals surface area contributed by atoms with Gasteiger partial charge in [0.1, 0.15) is 0 Å². The van der Waals surface area contributed by atoms with Crippen LogP contribution in [0.4, 0.5) is 0 Å². The zero-order valence-electron chi connectivity index (χ0n) is 7.37. The van der Waals surface area contributed by atoms with Crippen molar-refractivity contribution in [2.45, 2.75) is 6.92 Å². The van der Waals surface area contributed by atoms with E-state index in [4.69, 9.17) is 0 Å². The molecule has 0 aliphatic rings. The number of carbonyl (C=O) groups excluding carboxylic acids is 1. The van der Waals surface area contributed by atoms with Crippen molar-refractivity contribution in [3.63, 3.8) is 0 Å². The number of nitrogens with one attached hydrogen (secondary N) is 1. The van der Waals surface area contributed by atoms with Gasteiger partial charge in [-0.15, -0.1) is 0 Å². The Morgan fingerprint density at radius 3 is 2.85 bits per heavy atom. The van der Waals surface area contributed by atoms with Crippen molar-refractivity contribution in [2.75, 3.05) is 0 Å². The summed E-state index contributed by atoms with van der Waals surface area (Å²) in [7, 11) is 0. The van der Waals surface area contributed by atoms with E-state index in [0.717, 1.165) is 16.3 Å². The van der Waals surface area contributed by atoms with Crippen LogP contribution in [0.25, 0.3) is 10.8 Å². The third-order valence-electron chi connectivity index (χ3n) is 2.09. The van der Waals surface area contributed by atoms with Gasteiger partial charge >= 0.3 is 0 Å². The minimum Gasteiger partial charge on any atom is -0.295 e. The molecule has 13 heavy (non-hydrogen) atoms. The van der Waals surface area contributed by atoms with E-state index >= 15 is 0 Å². The van der Waals surface area contributed by atoms with Crippen LogP contribution in [0.2, 0.25) is 0 Å². The number of fused-ring (bicyclic) bond motifs is 1. The standard InChI is InChI=1S/C11H9NO/c1-8(13)9-2-3-11-7-12-5-4-10(11)6-9/h2-7H,1H3/p+1. The second-order valence-electron chi connectivity index (χ2n) is 3.04. The number of benzene rings is 1. The molecule has 0 radical (unpaired) electrons. The Hall–Kier alpha value is -1.70. The summed E-state index contributed by atoms with van der Waals surface area (Å²) in [5.41, 5.74) is 0.763. The van der Waals surface area contributed by atoms with Crippen LogP contribution in [-0.2, 0) is 0 Å². The number of Topliss-reactive ketones (excluding diaryl/α,β-unsaturated/α-hetero) is 1. The highest BCUT2D eigenvalue weighted by Crippen LogP contribution is 2.13. The Labute approximate surface area is 76.2 Å². The minimum absolute atomic E-state index is 0.106. The maximum absolute atomic E-state index is 11.1. The average Bonchev–Trinajstić information content (AvgIpc) is 2.17. The number of aromatic nitrogens is 1. The summed E-state index contributed by atoms with van der Waals surface area (Å²) >= 11 is 0. The van der Waals surface area contributed by atoms with Crippen molar-refractivity contribution in [2.24, 2.45) is 0 Å². The fraction of sp³-hybridized carbons (Fsp3) is 0.0909. The number of rotatable bonds is 1. The molecule has 0 aliphatic heterocycles. The van der Waals surface area contributed by atoms with Crippen LogP contribution in [0, 0.1) is 0 Å². The molecule has 0 saturated carbocycles. The van der Waals surface area contributed by atoms with Crippen LogP contribution in [0.15, 0.2) is 36.7 Å². The van der Waals surface area contributed by atoms with Crippen molar-refractivity contribution in [3.8, 4) is 0 Å². The summed E-state index contributed by atoms with van der Waals surface area (Å²) in [6, 6.07) is 7.66. The van der Waals surface area contributed by atoms with Gasteiger partial charge in [-0.05, 0) is 24.4 Å². The Morgan fingerprint density at radius 2 is 2.08 bits per heavy atom. The third kappa shape index (κ3) is 1.43. The molecule has 2 nitrogen and oxygen atoms in total. The predicted molar refractivity (Wildman–Crippen MR) is 50.5 cm³/mol. The minimum atomic E-state index is 0.106. The van der Waals surface area contributed by atoms with Crippen molar-refractivity contribution in [1.29, 1.82) is 0 Å². The molecular formula is C11H10NO+. The first kappa shape index (κ1) is 7.92. The molecule has 0 amide bonds. The van der Waals surface area contributed by atoms with Gasteiger partial charge in [-0.1, -0.05) is 6.07 Å². The summed E-state index contributed by atoms with van der Waals surface area (Å²) < 4.78 is 0. The zero-order valence-corrected chi connectivity index (χ0v) is 7.37. The van der Waals surface area contributed by atoms with Crippen molar-refractivity contribution in [1.82, 2.24) is 0 Å². The van der Waals surface area contributed by atoms with E-state index in [1.54, 1.807) is 6.92 Å². The van der Waals surface area contributed by atoms with Crippen LogP contribution in [-0.4, -0.2) is 5.78 Å². The van der Waals surface area contributed by atoms with Crippen LogP contribution >= 0.6 is 0 Å². The van der Waals surface area contributed by atoms with E-state index in [2.05, 4.69) is 4.98 Å². The summed E-state index contributed by atoms with van der Waals surface area (Å²) in [6.45, 7) is 1.58. The number of hydrogen-bond acceptors (Lipinski definition) is 1. The lowest BCUT2D eigenvalue weighted by molar-refractivity contribution is -0.375. The Bertz CT molecular complexity index is 462. The van der Waals surface area contributed by atoms with Crippen molar-refractivity contribution >= 4 is 16.6 Å². The molecular weight excluding hydrogens is 162 g/mol. The predicted octanol–water partition coefficient (Wildman–Crippen LogP) is 1.86. The number of carbonyl (C=O) groups is 1. The number of hydrogen-bond donors (Lipinski definition) is 0. The lowest BCUT2D eigenvalue weighted by atomic mass is 10.1. The summed E-state index contributed by atoms with van der Waals surface area (Å²) in [6.07, 6.45) is 3.77. The lowest BCUT2D eigenvalue weighted by Crippen LogP contribution is -1.98. The molecule has 0 saturated heterocycles. The topological polar surface area (TPSA) is 31.2 Å². The maximum atomic E-state index is 11.1. The molecule has 0 fully saturated rings. The van der Waals surface area contributed by atoms with Gasteiger partial charge in [0.2, 0.25) is 0 Å². The van der Waals surface area contributed by atoms with E-state index < -0.39 is 0 Å². The molecule has 2 aromatic rings. The van der Waals surface area contributed by atoms with Crippen molar-refractivity contribution < 1.29 is 9.78 Å². The molecule has 1 heterocycles. The monoisotopic (exact) mass is 172 g/mol. The van der Waals surface area contributed by atoms with Crippen LogP contribution < -0.4 is 4.98 Å². The van der Waals surface area contributed by atoms with Gasteiger partial charge in [0.25, 0.3) is 0 Å². The van der Waals surface area contributed by atoms with E-state index in [0.29, 0.717) is 0 Å². The lowest BCUT2D eigenvalue weighted by Gasteiger charge is -1.96. The van der Waals surface area contributed by atoms with Gasteiger partial charge in [-0.25, -0.2) is 4.98 Å². The van der Waals surface area contributed by atoms with Gasteiger partial charge in [0, 0.05) is 17.0 Å². The van der Waals surface area contributed by atoms with Gasteiger partial charge in [-0.2, -0.15) is 0 Å². The van der Waals surface area contributed by atoms with Gasteiger partial charge in [0.15, 0.2) is 18.2 Å². The molecule has 0 unspecified atom stereocenters. The molecule has 2 heteroatoms. The fourth-order valence-electron chi connectivity index (χ4n) is 1.35. The molecule has 1 aromatic carbocycles. The normalized spacial score (nSPS) is 10.2. The molecule has 1 aromatic heterocycles. The third-order valence-corrected chi connectivity index (χ3v) is 2.09. The fourth-order valence-corrected chi connectivity index (χ4v) is 1.35. The highest BCUT2D eigenvalue weighted by molar-refractivity contribution is 5.98. The smallest absolute Gasteiger partial charge is 0.174 e. The van der Waals surface area contributed by atoms with Crippen LogP contribution in [0.3, 0.4) is 0 Å². The van der Waals surface area contributed by atoms with Crippen molar-refractivity contribution in [3.05, 3.63) is 42.2 Å². The quantitative estimate of drug-likeness (QED) is 0.604. The zero-order chi connectivity index (χ0) is 9.26. The van der Waals surface area contributed by atoms with E-state index in [1.807, 2.05) is 36.7 Å². The number of H-pyrrole nitrogens is 1. The molecule has 1 N–H and O–H groups in total. The summed E-state index contributed by atoms with van der Waals surface area (Å²) in [5, 5.41) is 2.21. The number of ketones is 1. The molecule has 64 valence electrons. The van der Waals surface area contributed by atoms with Gasteiger partial charge in [-0.3, -0.25) is 4.79 Å². The molecule has 0 bridgehead atoms. The first-order valence-corrected chi connectivity index (χ1v) is 4.18. The van der Waals surface area contributed by atoms with E-state index in [1.165, 1.54) is 0 Å². The highest BCUT2D eigenvalue weighted by atomic mass is 16.1. The first-order valence-electron chi connectivity index (χ1n) is 4.18. The largest absolute Gasteiger partial charge is 0.295 e. The molecule has 0 atom stereocenters. The van der Waals surface area contributed by atoms with E-state index in [-0.39, 0.29) is 5.78 Å². The second-order valence-corrected chi connectivity index (χ2v) is 3.04.